The van der Waals surface area contributed by atoms with Crippen molar-refractivity contribution in [1.82, 2.24) is 0 Å². The van der Waals surface area contributed by atoms with Gasteiger partial charge in [0.05, 0.1) is 12.1 Å². The van der Waals surface area contributed by atoms with Gasteiger partial charge in [0.25, 0.3) is 5.82 Å². The molecule has 0 bridgehead atoms. The molecule has 0 aromatic carbocycles. The Balaban J connectivity index is 3.06. The van der Waals surface area contributed by atoms with E-state index in [1.54, 1.807) is 6.92 Å². The van der Waals surface area contributed by atoms with E-state index < -0.39 is 0 Å². The maximum atomic E-state index is 6.88. The van der Waals surface area contributed by atoms with Crippen LogP contribution in [0.1, 0.15) is 13.3 Å². The minimum absolute atomic E-state index is 0.152. The molecule has 1 heterocycles. The van der Waals surface area contributed by atoms with Crippen LogP contribution in [-0.4, -0.2) is 11.6 Å². The highest BCUT2D eigenvalue weighted by atomic mass is 15.0. The third-order valence-corrected chi connectivity index (χ3v) is 1.70. The number of hydrogen-bond donors (Lipinski definition) is 1. The highest BCUT2D eigenvalue weighted by molar-refractivity contribution is 6.09. The molecule has 13 heavy (non-hydrogen) atoms. The highest BCUT2D eigenvalue weighted by Gasteiger charge is 2.22. The van der Waals surface area contributed by atoms with Gasteiger partial charge in [-0.2, -0.15) is 0 Å². The Kier molecular flexibility index (Phi) is 2.40. The summed E-state index contributed by atoms with van der Waals surface area (Å²) in [6, 6.07) is 0. The van der Waals surface area contributed by atoms with E-state index in [1.807, 2.05) is 0 Å². The molecule has 62 valence electrons. The molecule has 0 unspecified atom stereocenters. The number of hydrogen-bond acceptors (Lipinski definition) is 2. The zero-order valence-electron chi connectivity index (χ0n) is 7.05. The summed E-state index contributed by atoms with van der Waals surface area (Å²) in [6.07, 6.45) is 0.360. The lowest BCUT2D eigenvalue weighted by atomic mass is 10.1. The van der Waals surface area contributed by atoms with Gasteiger partial charge in [0, 0.05) is 6.42 Å². The van der Waals surface area contributed by atoms with Gasteiger partial charge in [0.1, 0.15) is 5.71 Å². The fourth-order valence-electron chi connectivity index (χ4n) is 0.937. The standard InChI is InChI=1S/C9H6N4/c1-6(5-10)7-4-8(11-2)9(12-3)13-7/h10H,4H2,1H3. The molecule has 0 spiro atoms. The van der Waals surface area contributed by atoms with Crippen molar-refractivity contribution in [2.75, 3.05) is 0 Å². The molecular formula is C9H6N4. The van der Waals surface area contributed by atoms with Gasteiger partial charge in [0.15, 0.2) is 5.70 Å². The first-order chi connectivity index (χ1) is 6.22. The lowest BCUT2D eigenvalue weighted by Gasteiger charge is -1.89. The van der Waals surface area contributed by atoms with E-state index in [0.717, 1.165) is 0 Å². The largest absolute Gasteiger partial charge is 0.372 e. The van der Waals surface area contributed by atoms with Crippen LogP contribution in [0.15, 0.2) is 22.1 Å². The smallest absolute Gasteiger partial charge is 0.270 e. The van der Waals surface area contributed by atoms with E-state index in [4.69, 9.17) is 18.6 Å². The molecule has 0 saturated heterocycles. The Morgan fingerprint density at radius 2 is 2.23 bits per heavy atom. The van der Waals surface area contributed by atoms with E-state index >= 15 is 0 Å². The van der Waals surface area contributed by atoms with Crippen molar-refractivity contribution in [3.8, 4) is 0 Å². The zero-order valence-corrected chi connectivity index (χ0v) is 7.05. The number of aliphatic imine (C=N–C) groups is 1. The fraction of sp³-hybridized carbons (Fsp3) is 0.222. The number of nitrogens with zero attached hydrogens (tertiary/aromatic N) is 3. The second kappa shape index (κ2) is 3.49. The minimum Gasteiger partial charge on any atom is -0.372 e. The molecule has 1 aliphatic heterocycles. The monoisotopic (exact) mass is 170 g/mol. The highest BCUT2D eigenvalue weighted by Crippen LogP contribution is 2.24. The van der Waals surface area contributed by atoms with Gasteiger partial charge in [0.2, 0.25) is 0 Å². The lowest BCUT2D eigenvalue weighted by Crippen LogP contribution is -1.96. The lowest BCUT2D eigenvalue weighted by molar-refractivity contribution is 1.34. The molecule has 1 aliphatic rings. The van der Waals surface area contributed by atoms with Gasteiger partial charge >= 0.3 is 0 Å². The molecule has 0 aromatic rings. The Morgan fingerprint density at radius 3 is 2.62 bits per heavy atom. The molecular weight excluding hydrogens is 164 g/mol. The molecule has 1 rings (SSSR count). The van der Waals surface area contributed by atoms with E-state index in [2.05, 4.69) is 20.6 Å². The van der Waals surface area contributed by atoms with Crippen LogP contribution in [0.2, 0.25) is 0 Å². The van der Waals surface area contributed by atoms with Crippen LogP contribution in [0.5, 0.6) is 0 Å². The molecule has 0 aromatic heterocycles. The Bertz CT molecular complexity index is 433. The fourth-order valence-corrected chi connectivity index (χ4v) is 0.937. The third kappa shape index (κ3) is 1.54. The van der Waals surface area contributed by atoms with Crippen LogP contribution in [0.25, 0.3) is 9.69 Å². The normalized spacial score (nSPS) is 14.2. The molecule has 0 fully saturated rings. The maximum Gasteiger partial charge on any atom is 0.270 e. The Labute approximate surface area is 76.1 Å². The minimum atomic E-state index is 0.152. The molecule has 1 N–H and O–H groups in total. The molecule has 0 saturated carbocycles. The van der Waals surface area contributed by atoms with Crippen LogP contribution in [0, 0.1) is 18.6 Å². The summed E-state index contributed by atoms with van der Waals surface area (Å²) >= 11 is 0. The summed E-state index contributed by atoms with van der Waals surface area (Å²) in [5.74, 6) is 2.35. The molecule has 0 radical (unpaired) electrons. The van der Waals surface area contributed by atoms with Crippen molar-refractivity contribution >= 4 is 11.6 Å². The molecule has 4 heteroatoms. The Hall–Kier alpha value is -2.16. The summed E-state index contributed by atoms with van der Waals surface area (Å²) in [6.45, 7) is 15.3. The van der Waals surface area contributed by atoms with Gasteiger partial charge in [-0.15, -0.1) is 4.99 Å². The predicted octanol–water partition coefficient (Wildman–Crippen LogP) is 2.03. The number of allylic oxidation sites excluding steroid dienone is 2. The second-order valence-electron chi connectivity index (χ2n) is 2.48. The summed E-state index contributed by atoms with van der Waals surface area (Å²) < 4.78 is 0. The van der Waals surface area contributed by atoms with Crippen molar-refractivity contribution in [3.05, 3.63) is 39.9 Å². The van der Waals surface area contributed by atoms with E-state index in [1.165, 1.54) is 0 Å². The Morgan fingerprint density at radius 1 is 1.54 bits per heavy atom. The van der Waals surface area contributed by atoms with Gasteiger partial charge in [-0.25, -0.2) is 0 Å². The van der Waals surface area contributed by atoms with Crippen molar-refractivity contribution in [1.29, 1.82) is 5.41 Å². The van der Waals surface area contributed by atoms with Gasteiger partial charge in [-0.1, -0.05) is 6.57 Å². The first-order valence-electron chi connectivity index (χ1n) is 3.55. The maximum absolute atomic E-state index is 6.88. The average molecular weight is 170 g/mol. The van der Waals surface area contributed by atoms with Crippen molar-refractivity contribution < 1.29 is 0 Å². The topological polar surface area (TPSA) is 44.9 Å². The molecule has 4 nitrogen and oxygen atoms in total. The molecule has 0 amide bonds. The summed E-state index contributed by atoms with van der Waals surface area (Å²) in [4.78, 5) is 10.3. The summed E-state index contributed by atoms with van der Waals surface area (Å²) in [5.41, 5.74) is 1.55. The van der Waals surface area contributed by atoms with E-state index in [-0.39, 0.29) is 5.82 Å². The molecule has 0 atom stereocenters. The van der Waals surface area contributed by atoms with Crippen LogP contribution in [-0.2, 0) is 0 Å². The SMILES string of the molecule is [C-]#[N+]C1=C([N+]#[C-])N=C(C(C)=C=N)C1. The van der Waals surface area contributed by atoms with Crippen molar-refractivity contribution in [3.63, 3.8) is 0 Å². The second-order valence-corrected chi connectivity index (χ2v) is 2.48. The number of rotatable bonds is 1. The zero-order chi connectivity index (χ0) is 9.84. The van der Waals surface area contributed by atoms with Crippen LogP contribution < -0.4 is 0 Å². The summed E-state index contributed by atoms with van der Waals surface area (Å²) in [7, 11) is 0. The van der Waals surface area contributed by atoms with Gasteiger partial charge in [-0.05, 0) is 12.8 Å². The van der Waals surface area contributed by atoms with Gasteiger partial charge < -0.3 is 4.85 Å². The molecule has 0 aliphatic carbocycles. The van der Waals surface area contributed by atoms with E-state index in [9.17, 15) is 0 Å². The van der Waals surface area contributed by atoms with E-state index in [0.29, 0.717) is 23.4 Å². The quantitative estimate of drug-likeness (QED) is 0.462. The van der Waals surface area contributed by atoms with Gasteiger partial charge in [-0.3, -0.25) is 10.3 Å². The van der Waals surface area contributed by atoms with Crippen molar-refractivity contribution in [2.24, 2.45) is 4.99 Å². The first kappa shape index (κ1) is 8.93. The number of nitrogens with one attached hydrogen (secondary N) is 1. The van der Waals surface area contributed by atoms with Crippen LogP contribution >= 0.6 is 0 Å². The third-order valence-electron chi connectivity index (χ3n) is 1.70. The summed E-state index contributed by atoms with van der Waals surface area (Å²) in [5, 5.41) is 6.88. The predicted molar refractivity (Wildman–Crippen MR) is 49.2 cm³/mol. The van der Waals surface area contributed by atoms with Crippen LogP contribution in [0.3, 0.4) is 0 Å². The van der Waals surface area contributed by atoms with Crippen molar-refractivity contribution in [2.45, 2.75) is 13.3 Å². The van der Waals surface area contributed by atoms with Crippen LogP contribution in [0.4, 0.5) is 0 Å². The first-order valence-corrected chi connectivity index (χ1v) is 3.55. The average Bonchev–Trinajstić information content (AvgIpc) is 2.59.